The van der Waals surface area contributed by atoms with Gasteiger partial charge in [0.05, 0.1) is 10.9 Å². The van der Waals surface area contributed by atoms with Crippen LogP contribution < -0.4 is 10.9 Å². The molecule has 128 valence electrons. The van der Waals surface area contributed by atoms with Crippen LogP contribution in [0.15, 0.2) is 58.7 Å². The highest BCUT2D eigenvalue weighted by Gasteiger charge is 2.11. The average Bonchev–Trinajstić information content (AvgIpc) is 2.63. The van der Waals surface area contributed by atoms with Crippen molar-refractivity contribution in [1.29, 1.82) is 0 Å². The molecule has 1 aromatic carbocycles. The van der Waals surface area contributed by atoms with Gasteiger partial charge in [0, 0.05) is 36.8 Å². The molecule has 3 aromatic rings. The fraction of sp³-hybridized carbons (Fsp3) is 0.222. The summed E-state index contributed by atoms with van der Waals surface area (Å²) >= 11 is 1.42. The number of carbonyl (C=O) groups is 1. The topological polar surface area (TPSA) is 76.9 Å². The molecule has 7 heteroatoms. The number of hydrogen-bond donors (Lipinski definition) is 1. The van der Waals surface area contributed by atoms with Crippen LogP contribution in [-0.4, -0.2) is 26.2 Å². The molecule has 0 saturated carbocycles. The molecule has 0 bridgehead atoms. The summed E-state index contributed by atoms with van der Waals surface area (Å²) in [6.45, 7) is 2.46. The van der Waals surface area contributed by atoms with E-state index in [1.54, 1.807) is 35.2 Å². The minimum atomic E-state index is -0.0788. The van der Waals surface area contributed by atoms with Crippen molar-refractivity contribution in [2.75, 3.05) is 11.1 Å². The molecule has 0 saturated heterocycles. The van der Waals surface area contributed by atoms with Gasteiger partial charge in [-0.3, -0.25) is 19.1 Å². The molecule has 2 aromatic heterocycles. The molecule has 0 fully saturated rings. The van der Waals surface area contributed by atoms with Gasteiger partial charge < -0.3 is 5.32 Å². The van der Waals surface area contributed by atoms with Gasteiger partial charge in [-0.15, -0.1) is 0 Å². The first-order valence-electron chi connectivity index (χ1n) is 8.01. The van der Waals surface area contributed by atoms with Crippen molar-refractivity contribution in [2.24, 2.45) is 0 Å². The van der Waals surface area contributed by atoms with Crippen LogP contribution in [0.4, 0.5) is 5.69 Å². The normalized spacial score (nSPS) is 10.8. The van der Waals surface area contributed by atoms with Gasteiger partial charge in [0.1, 0.15) is 0 Å². The number of hydrogen-bond acceptors (Lipinski definition) is 5. The molecule has 0 unspecified atom stereocenters. The van der Waals surface area contributed by atoms with Crippen LogP contribution in [0, 0.1) is 0 Å². The summed E-state index contributed by atoms with van der Waals surface area (Å²) in [5.41, 5.74) is 1.36. The predicted octanol–water partition coefficient (Wildman–Crippen LogP) is 2.93. The van der Waals surface area contributed by atoms with E-state index in [-0.39, 0.29) is 11.5 Å². The molecule has 0 aliphatic heterocycles. The highest BCUT2D eigenvalue weighted by molar-refractivity contribution is 7.99. The SMILES string of the molecule is CCn1c(SCCC(=O)Nc2ccncc2)nc2ccccc2c1=O. The van der Waals surface area contributed by atoms with Gasteiger partial charge in [-0.25, -0.2) is 4.98 Å². The van der Waals surface area contributed by atoms with Crippen molar-refractivity contribution in [1.82, 2.24) is 14.5 Å². The number of pyridine rings is 1. The average molecular weight is 354 g/mol. The molecule has 0 radical (unpaired) electrons. The van der Waals surface area contributed by atoms with E-state index in [1.165, 1.54) is 11.8 Å². The predicted molar refractivity (Wildman–Crippen MR) is 99.9 cm³/mol. The van der Waals surface area contributed by atoms with Gasteiger partial charge >= 0.3 is 0 Å². The maximum absolute atomic E-state index is 12.5. The second kappa shape index (κ2) is 7.94. The second-order valence-corrected chi connectivity index (χ2v) is 6.41. The molecule has 6 nitrogen and oxygen atoms in total. The van der Waals surface area contributed by atoms with Crippen molar-refractivity contribution in [3.8, 4) is 0 Å². The first kappa shape index (κ1) is 17.2. The van der Waals surface area contributed by atoms with Gasteiger partial charge in [-0.05, 0) is 31.2 Å². The van der Waals surface area contributed by atoms with Gasteiger partial charge in [0.15, 0.2) is 5.16 Å². The Morgan fingerprint density at radius 2 is 1.96 bits per heavy atom. The van der Waals surface area contributed by atoms with E-state index in [0.29, 0.717) is 34.8 Å². The van der Waals surface area contributed by atoms with Gasteiger partial charge in [0.2, 0.25) is 5.91 Å². The van der Waals surface area contributed by atoms with Gasteiger partial charge in [-0.1, -0.05) is 23.9 Å². The quantitative estimate of drug-likeness (QED) is 0.544. The van der Waals surface area contributed by atoms with E-state index in [9.17, 15) is 9.59 Å². The van der Waals surface area contributed by atoms with Crippen molar-refractivity contribution < 1.29 is 4.79 Å². The Morgan fingerprint density at radius 3 is 2.72 bits per heavy atom. The number of para-hydroxylation sites is 1. The van der Waals surface area contributed by atoms with Crippen molar-refractivity contribution in [2.45, 2.75) is 25.0 Å². The van der Waals surface area contributed by atoms with Gasteiger partial charge in [-0.2, -0.15) is 0 Å². The van der Waals surface area contributed by atoms with E-state index in [0.717, 1.165) is 5.69 Å². The Hall–Kier alpha value is -2.67. The highest BCUT2D eigenvalue weighted by Crippen LogP contribution is 2.18. The first-order chi connectivity index (χ1) is 12.2. The number of nitrogens with one attached hydrogen (secondary N) is 1. The summed E-state index contributed by atoms with van der Waals surface area (Å²) in [5.74, 6) is 0.465. The Balaban J connectivity index is 1.68. The third-order valence-corrected chi connectivity index (χ3v) is 4.65. The summed E-state index contributed by atoms with van der Waals surface area (Å²) in [7, 11) is 0. The van der Waals surface area contributed by atoms with E-state index < -0.39 is 0 Å². The standard InChI is InChI=1S/C18H18N4O2S/c1-2-22-17(24)14-5-3-4-6-15(14)21-18(22)25-12-9-16(23)20-13-7-10-19-11-8-13/h3-8,10-11H,2,9,12H2,1H3,(H,19,20,23). The maximum atomic E-state index is 12.5. The van der Waals surface area contributed by atoms with Crippen LogP contribution in [0.5, 0.6) is 0 Å². The molecule has 0 spiro atoms. The molecule has 25 heavy (non-hydrogen) atoms. The molecule has 0 aliphatic carbocycles. The lowest BCUT2D eigenvalue weighted by Crippen LogP contribution is -2.22. The smallest absolute Gasteiger partial charge is 0.262 e. The zero-order chi connectivity index (χ0) is 17.6. The summed E-state index contributed by atoms with van der Waals surface area (Å²) < 4.78 is 1.65. The summed E-state index contributed by atoms with van der Waals surface area (Å²) in [5, 5.41) is 4.07. The number of fused-ring (bicyclic) bond motifs is 1. The number of amides is 1. The van der Waals surface area contributed by atoms with E-state index >= 15 is 0 Å². The number of thioether (sulfide) groups is 1. The van der Waals surface area contributed by atoms with Crippen LogP contribution in [0.3, 0.4) is 0 Å². The van der Waals surface area contributed by atoms with Crippen molar-refractivity contribution in [3.05, 3.63) is 59.1 Å². The lowest BCUT2D eigenvalue weighted by Gasteiger charge is -2.11. The molecule has 3 rings (SSSR count). The molecular formula is C18H18N4O2S. The molecule has 1 amide bonds. The third kappa shape index (κ3) is 4.06. The zero-order valence-corrected chi connectivity index (χ0v) is 14.6. The minimum Gasteiger partial charge on any atom is -0.326 e. The number of benzene rings is 1. The number of rotatable bonds is 6. The van der Waals surface area contributed by atoms with E-state index in [1.807, 2.05) is 25.1 Å². The molecule has 0 atom stereocenters. The maximum Gasteiger partial charge on any atom is 0.262 e. The van der Waals surface area contributed by atoms with Crippen LogP contribution in [0.2, 0.25) is 0 Å². The highest BCUT2D eigenvalue weighted by atomic mass is 32.2. The Morgan fingerprint density at radius 1 is 1.20 bits per heavy atom. The minimum absolute atomic E-state index is 0.0446. The molecule has 1 N–H and O–H groups in total. The Labute approximate surface area is 149 Å². The Bertz CT molecular complexity index is 941. The van der Waals surface area contributed by atoms with Crippen LogP contribution >= 0.6 is 11.8 Å². The molecule has 2 heterocycles. The first-order valence-corrected chi connectivity index (χ1v) is 9.00. The van der Waals surface area contributed by atoms with Crippen molar-refractivity contribution >= 4 is 34.3 Å². The van der Waals surface area contributed by atoms with E-state index in [2.05, 4.69) is 15.3 Å². The monoisotopic (exact) mass is 354 g/mol. The van der Waals surface area contributed by atoms with Crippen LogP contribution in [-0.2, 0) is 11.3 Å². The number of carbonyl (C=O) groups excluding carboxylic acids is 1. The largest absolute Gasteiger partial charge is 0.326 e. The Kier molecular flexibility index (Phi) is 5.45. The van der Waals surface area contributed by atoms with Crippen LogP contribution in [0.1, 0.15) is 13.3 Å². The summed E-state index contributed by atoms with van der Waals surface area (Å²) in [6, 6.07) is 10.8. The van der Waals surface area contributed by atoms with Gasteiger partial charge in [0.25, 0.3) is 5.56 Å². The van der Waals surface area contributed by atoms with Crippen LogP contribution in [0.25, 0.3) is 10.9 Å². The molecule has 0 aliphatic rings. The zero-order valence-electron chi connectivity index (χ0n) is 13.8. The lowest BCUT2D eigenvalue weighted by molar-refractivity contribution is -0.115. The number of aromatic nitrogens is 3. The number of nitrogens with zero attached hydrogens (tertiary/aromatic N) is 3. The summed E-state index contributed by atoms with van der Waals surface area (Å²) in [6.07, 6.45) is 3.59. The summed E-state index contributed by atoms with van der Waals surface area (Å²) in [4.78, 5) is 33.0. The number of anilines is 1. The third-order valence-electron chi connectivity index (χ3n) is 3.67. The van der Waals surface area contributed by atoms with E-state index in [4.69, 9.17) is 0 Å². The second-order valence-electron chi connectivity index (χ2n) is 5.34. The fourth-order valence-electron chi connectivity index (χ4n) is 2.43. The lowest BCUT2D eigenvalue weighted by atomic mass is 10.2. The fourth-order valence-corrected chi connectivity index (χ4v) is 3.43. The van der Waals surface area contributed by atoms with Crippen molar-refractivity contribution in [3.63, 3.8) is 0 Å². The molecular weight excluding hydrogens is 336 g/mol.